The molecule has 1 heterocycles. The predicted molar refractivity (Wildman–Crippen MR) is 61.6 cm³/mol. The molecule has 0 spiro atoms. The van der Waals surface area contributed by atoms with Crippen molar-refractivity contribution >= 4 is 0 Å². The van der Waals surface area contributed by atoms with Gasteiger partial charge in [0.2, 0.25) is 0 Å². The molecule has 2 atom stereocenters. The Balaban J connectivity index is 1.64. The summed E-state index contributed by atoms with van der Waals surface area (Å²) in [6.07, 6.45) is 4.26. The van der Waals surface area contributed by atoms with E-state index in [0.717, 1.165) is 6.61 Å². The SMILES string of the molecule is C/C=C\[C@H]1N[C@@H]1COCc1ccccc1. The standard InChI is InChI=1S/C13H17NO/c1-2-6-12-13(14-12)10-15-9-11-7-4-3-5-8-11/h2-8,12-14H,9-10H2,1H3/b6-2-/t12-,13-/m1/s1. The molecular weight excluding hydrogens is 186 g/mol. The first-order valence-electron chi connectivity index (χ1n) is 5.40. The smallest absolute Gasteiger partial charge is 0.0717 e. The van der Waals surface area contributed by atoms with Crippen LogP contribution in [0.25, 0.3) is 0 Å². The summed E-state index contributed by atoms with van der Waals surface area (Å²) in [5, 5.41) is 3.34. The summed E-state index contributed by atoms with van der Waals surface area (Å²) in [7, 11) is 0. The summed E-state index contributed by atoms with van der Waals surface area (Å²) >= 11 is 0. The number of ether oxygens (including phenoxy) is 1. The fourth-order valence-electron chi connectivity index (χ4n) is 1.62. The zero-order valence-corrected chi connectivity index (χ0v) is 9.02. The molecule has 1 aromatic rings. The second-order valence-electron chi connectivity index (χ2n) is 3.83. The van der Waals surface area contributed by atoms with Gasteiger partial charge in [-0.2, -0.15) is 0 Å². The van der Waals surface area contributed by atoms with Crippen LogP contribution in [0, 0.1) is 0 Å². The molecule has 0 saturated carbocycles. The molecule has 2 rings (SSSR count). The van der Waals surface area contributed by atoms with Crippen molar-refractivity contribution in [2.75, 3.05) is 6.61 Å². The average molecular weight is 203 g/mol. The predicted octanol–water partition coefficient (Wildman–Crippen LogP) is 2.12. The first-order valence-corrected chi connectivity index (χ1v) is 5.40. The van der Waals surface area contributed by atoms with E-state index in [4.69, 9.17) is 4.74 Å². The third-order valence-corrected chi connectivity index (χ3v) is 2.54. The molecule has 15 heavy (non-hydrogen) atoms. The summed E-state index contributed by atoms with van der Waals surface area (Å²) in [5.41, 5.74) is 1.24. The Morgan fingerprint density at radius 2 is 2.13 bits per heavy atom. The quantitative estimate of drug-likeness (QED) is 0.587. The van der Waals surface area contributed by atoms with Gasteiger partial charge in [0.1, 0.15) is 0 Å². The molecule has 0 amide bonds. The highest BCUT2D eigenvalue weighted by Gasteiger charge is 2.33. The Morgan fingerprint density at radius 1 is 1.33 bits per heavy atom. The molecule has 80 valence electrons. The molecule has 0 unspecified atom stereocenters. The van der Waals surface area contributed by atoms with E-state index in [1.807, 2.05) is 25.1 Å². The van der Waals surface area contributed by atoms with Crippen LogP contribution in [0.15, 0.2) is 42.5 Å². The van der Waals surface area contributed by atoms with E-state index in [-0.39, 0.29) is 0 Å². The lowest BCUT2D eigenvalue weighted by Crippen LogP contribution is -2.05. The van der Waals surface area contributed by atoms with Gasteiger partial charge in [-0.25, -0.2) is 0 Å². The van der Waals surface area contributed by atoms with E-state index in [2.05, 4.69) is 29.6 Å². The minimum Gasteiger partial charge on any atom is -0.375 e. The van der Waals surface area contributed by atoms with Gasteiger partial charge in [-0.3, -0.25) is 0 Å². The number of hydrogen-bond donors (Lipinski definition) is 1. The maximum absolute atomic E-state index is 5.62. The van der Waals surface area contributed by atoms with Gasteiger partial charge in [-0.05, 0) is 12.5 Å². The molecule has 1 aliphatic rings. The lowest BCUT2D eigenvalue weighted by Gasteiger charge is -2.02. The molecule has 1 aliphatic heterocycles. The maximum atomic E-state index is 5.62. The maximum Gasteiger partial charge on any atom is 0.0717 e. The molecule has 1 fully saturated rings. The van der Waals surface area contributed by atoms with Crippen LogP contribution in [0.4, 0.5) is 0 Å². The Kier molecular flexibility index (Phi) is 3.54. The lowest BCUT2D eigenvalue weighted by molar-refractivity contribution is 0.122. The van der Waals surface area contributed by atoms with Crippen molar-refractivity contribution in [2.45, 2.75) is 25.6 Å². The van der Waals surface area contributed by atoms with E-state index in [0.29, 0.717) is 18.7 Å². The zero-order chi connectivity index (χ0) is 10.5. The van der Waals surface area contributed by atoms with Gasteiger partial charge >= 0.3 is 0 Å². The molecule has 0 radical (unpaired) electrons. The molecule has 1 aromatic carbocycles. The monoisotopic (exact) mass is 203 g/mol. The topological polar surface area (TPSA) is 31.2 Å². The second kappa shape index (κ2) is 5.10. The molecule has 0 aliphatic carbocycles. The van der Waals surface area contributed by atoms with E-state index >= 15 is 0 Å². The van der Waals surface area contributed by atoms with Crippen molar-refractivity contribution in [3.05, 3.63) is 48.0 Å². The number of benzene rings is 1. The van der Waals surface area contributed by atoms with Crippen molar-refractivity contribution in [2.24, 2.45) is 0 Å². The van der Waals surface area contributed by atoms with Crippen molar-refractivity contribution in [1.29, 1.82) is 0 Å². The highest BCUT2D eigenvalue weighted by Crippen LogP contribution is 2.13. The number of hydrogen-bond acceptors (Lipinski definition) is 2. The molecule has 1 saturated heterocycles. The third kappa shape index (κ3) is 3.18. The van der Waals surface area contributed by atoms with Gasteiger partial charge in [-0.15, -0.1) is 0 Å². The van der Waals surface area contributed by atoms with Crippen molar-refractivity contribution < 1.29 is 4.74 Å². The van der Waals surface area contributed by atoms with E-state index < -0.39 is 0 Å². The van der Waals surface area contributed by atoms with Crippen LogP contribution in [0.2, 0.25) is 0 Å². The van der Waals surface area contributed by atoms with Crippen LogP contribution in [0.1, 0.15) is 12.5 Å². The minimum atomic E-state index is 0.518. The molecule has 2 nitrogen and oxygen atoms in total. The van der Waals surface area contributed by atoms with E-state index in [9.17, 15) is 0 Å². The minimum absolute atomic E-state index is 0.518. The second-order valence-corrected chi connectivity index (χ2v) is 3.83. The Labute approximate surface area is 91.0 Å². The van der Waals surface area contributed by atoms with Crippen molar-refractivity contribution in [3.63, 3.8) is 0 Å². The first-order chi connectivity index (χ1) is 7.40. The molecule has 0 aromatic heterocycles. The highest BCUT2D eigenvalue weighted by atomic mass is 16.5. The van der Waals surface area contributed by atoms with Crippen LogP contribution in [-0.2, 0) is 11.3 Å². The van der Waals surface area contributed by atoms with Crippen LogP contribution < -0.4 is 5.32 Å². The van der Waals surface area contributed by atoms with Gasteiger partial charge in [0.15, 0.2) is 0 Å². The van der Waals surface area contributed by atoms with Crippen molar-refractivity contribution in [1.82, 2.24) is 5.32 Å². The first kappa shape index (κ1) is 10.4. The fourth-order valence-corrected chi connectivity index (χ4v) is 1.62. The number of rotatable bonds is 5. The van der Waals surface area contributed by atoms with Crippen LogP contribution in [-0.4, -0.2) is 18.7 Å². The molecule has 1 N–H and O–H groups in total. The molecule has 2 heteroatoms. The van der Waals surface area contributed by atoms with Gasteiger partial charge < -0.3 is 10.1 Å². The van der Waals surface area contributed by atoms with Crippen LogP contribution in [0.3, 0.4) is 0 Å². The summed E-state index contributed by atoms with van der Waals surface area (Å²) in [4.78, 5) is 0. The van der Waals surface area contributed by atoms with Gasteiger partial charge in [-0.1, -0.05) is 42.5 Å². The molecule has 0 bridgehead atoms. The van der Waals surface area contributed by atoms with Crippen LogP contribution >= 0.6 is 0 Å². The lowest BCUT2D eigenvalue weighted by atomic mass is 10.2. The largest absolute Gasteiger partial charge is 0.375 e. The Bertz CT molecular complexity index is 321. The van der Waals surface area contributed by atoms with Crippen molar-refractivity contribution in [3.8, 4) is 0 Å². The van der Waals surface area contributed by atoms with Gasteiger partial charge in [0.05, 0.1) is 13.2 Å². The van der Waals surface area contributed by atoms with E-state index in [1.54, 1.807) is 0 Å². The van der Waals surface area contributed by atoms with Gasteiger partial charge in [0, 0.05) is 12.1 Å². The van der Waals surface area contributed by atoms with Gasteiger partial charge in [0.25, 0.3) is 0 Å². The number of nitrogens with one attached hydrogen (secondary N) is 1. The molecular formula is C13H17NO. The summed E-state index contributed by atoms with van der Waals surface area (Å²) in [6.45, 7) is 3.55. The van der Waals surface area contributed by atoms with Crippen LogP contribution in [0.5, 0.6) is 0 Å². The number of allylic oxidation sites excluding steroid dienone is 1. The fraction of sp³-hybridized carbons (Fsp3) is 0.385. The highest BCUT2D eigenvalue weighted by molar-refractivity contribution is 5.14. The Hall–Kier alpha value is -1.12. The normalized spacial score (nSPS) is 24.6. The summed E-state index contributed by atoms with van der Waals surface area (Å²) in [6, 6.07) is 11.3. The third-order valence-electron chi connectivity index (χ3n) is 2.54. The van der Waals surface area contributed by atoms with E-state index in [1.165, 1.54) is 5.56 Å². The average Bonchev–Trinajstić information content (AvgIpc) is 2.99. The summed E-state index contributed by atoms with van der Waals surface area (Å²) in [5.74, 6) is 0. The zero-order valence-electron chi connectivity index (χ0n) is 9.02. The Morgan fingerprint density at radius 3 is 2.87 bits per heavy atom. The summed E-state index contributed by atoms with van der Waals surface area (Å²) < 4.78 is 5.62.